The van der Waals surface area contributed by atoms with Gasteiger partial charge in [0.1, 0.15) is 0 Å². The largest absolute Gasteiger partial charge is 0.515 e. The molecule has 0 heterocycles. The summed E-state index contributed by atoms with van der Waals surface area (Å²) in [6.07, 6.45) is 14.2. The fourth-order valence-corrected chi connectivity index (χ4v) is 8.42. The maximum Gasteiger partial charge on any atom is 0.162 e. The zero-order valence-corrected chi connectivity index (χ0v) is 20.9. The second kappa shape index (κ2) is 8.38. The summed E-state index contributed by atoms with van der Waals surface area (Å²) < 4.78 is 0. The number of carbonyl (C=O) groups is 1. The van der Waals surface area contributed by atoms with E-state index in [0.29, 0.717) is 29.2 Å². The van der Waals surface area contributed by atoms with E-state index in [1.165, 1.54) is 38.5 Å². The van der Waals surface area contributed by atoms with Crippen molar-refractivity contribution >= 4 is 5.78 Å². The zero-order valence-electron chi connectivity index (χ0n) is 20.9. The standard InChI is InChI=1S/C29H46O2/c1-18(2)19(3)7-8-20(4)24-11-12-25-23-10-9-22-15-27(31)21(17-30)16-29(22,6)26(23)13-14-28(24,25)5/h10,17-20,22,24-26,30H,7-9,11-16H2,1-6H3/b21-17-/t19-,20+,22-,24?,25?,26?,28?,29?/m0/s1. The summed E-state index contributed by atoms with van der Waals surface area (Å²) >= 11 is 0. The molecule has 0 saturated heterocycles. The summed E-state index contributed by atoms with van der Waals surface area (Å²) in [5.41, 5.74) is 3.01. The molecule has 4 rings (SSSR count). The lowest BCUT2D eigenvalue weighted by Crippen LogP contribution is -2.49. The molecule has 0 bridgehead atoms. The molecule has 0 radical (unpaired) electrons. The van der Waals surface area contributed by atoms with Crippen molar-refractivity contribution in [3.63, 3.8) is 0 Å². The SMILES string of the molecule is CC(C)[C@@H](C)CC[C@@H](C)C1CCC2C3=CC[C@H]4CC(=O)/C(=C\O)CC4(C)C3CCC21C. The molecular formula is C29H46O2. The van der Waals surface area contributed by atoms with Gasteiger partial charge in [-0.15, -0.1) is 0 Å². The van der Waals surface area contributed by atoms with Crippen LogP contribution in [-0.2, 0) is 4.79 Å². The topological polar surface area (TPSA) is 37.3 Å². The molecule has 3 fully saturated rings. The first-order valence-electron chi connectivity index (χ1n) is 13.2. The molecule has 31 heavy (non-hydrogen) atoms. The van der Waals surface area contributed by atoms with Crippen LogP contribution < -0.4 is 0 Å². The van der Waals surface area contributed by atoms with Crippen molar-refractivity contribution in [3.8, 4) is 0 Å². The van der Waals surface area contributed by atoms with Crippen molar-refractivity contribution in [2.75, 3.05) is 0 Å². The number of rotatable bonds is 5. The van der Waals surface area contributed by atoms with E-state index in [0.717, 1.165) is 48.7 Å². The van der Waals surface area contributed by atoms with Gasteiger partial charge in [-0.3, -0.25) is 4.79 Å². The van der Waals surface area contributed by atoms with Gasteiger partial charge in [0.15, 0.2) is 5.78 Å². The van der Waals surface area contributed by atoms with Crippen molar-refractivity contribution in [2.45, 2.75) is 99.3 Å². The van der Waals surface area contributed by atoms with Gasteiger partial charge in [0.05, 0.1) is 6.26 Å². The number of Topliss-reactive ketones (excluding diaryl/α,β-unsaturated/α-hetero) is 1. The fourth-order valence-electron chi connectivity index (χ4n) is 8.42. The zero-order chi connectivity index (χ0) is 22.6. The second-order valence-electron chi connectivity index (χ2n) is 12.7. The lowest BCUT2D eigenvalue weighted by molar-refractivity contribution is -0.121. The molecule has 2 heteroatoms. The summed E-state index contributed by atoms with van der Waals surface area (Å²) in [6, 6.07) is 0. The van der Waals surface area contributed by atoms with Gasteiger partial charge in [0, 0.05) is 12.0 Å². The molecule has 174 valence electrons. The third-order valence-electron chi connectivity index (χ3n) is 11.0. The van der Waals surface area contributed by atoms with Gasteiger partial charge in [0.2, 0.25) is 0 Å². The Hall–Kier alpha value is -1.05. The Morgan fingerprint density at radius 2 is 1.77 bits per heavy atom. The number of ketones is 1. The molecule has 3 saturated carbocycles. The molecule has 5 unspecified atom stereocenters. The summed E-state index contributed by atoms with van der Waals surface area (Å²) in [7, 11) is 0. The maximum atomic E-state index is 12.4. The summed E-state index contributed by atoms with van der Waals surface area (Å²) in [5, 5.41) is 9.68. The smallest absolute Gasteiger partial charge is 0.162 e. The highest BCUT2D eigenvalue weighted by atomic mass is 16.2. The van der Waals surface area contributed by atoms with Crippen LogP contribution in [0, 0.1) is 52.3 Å². The van der Waals surface area contributed by atoms with Crippen LogP contribution in [0.1, 0.15) is 99.3 Å². The Bertz CT molecular complexity index is 761. The molecule has 0 aromatic rings. The fraction of sp³-hybridized carbons (Fsp3) is 0.828. The molecule has 0 aromatic heterocycles. The van der Waals surface area contributed by atoms with Crippen LogP contribution in [0.4, 0.5) is 0 Å². The van der Waals surface area contributed by atoms with Crippen LogP contribution in [0.2, 0.25) is 0 Å². The molecular weight excluding hydrogens is 380 g/mol. The van der Waals surface area contributed by atoms with Gasteiger partial charge < -0.3 is 5.11 Å². The van der Waals surface area contributed by atoms with E-state index >= 15 is 0 Å². The first kappa shape index (κ1) is 23.1. The van der Waals surface area contributed by atoms with Crippen molar-refractivity contribution in [1.29, 1.82) is 0 Å². The lowest BCUT2D eigenvalue weighted by atomic mass is 9.47. The van der Waals surface area contributed by atoms with Gasteiger partial charge in [-0.1, -0.05) is 66.0 Å². The normalized spacial score (nSPS) is 43.3. The number of aliphatic hydroxyl groups is 1. The average Bonchev–Trinajstić information content (AvgIpc) is 3.09. The third kappa shape index (κ3) is 3.74. The Balaban J connectivity index is 1.53. The summed E-state index contributed by atoms with van der Waals surface area (Å²) in [4.78, 5) is 12.4. The third-order valence-corrected chi connectivity index (χ3v) is 11.0. The van der Waals surface area contributed by atoms with Crippen LogP contribution in [-0.4, -0.2) is 10.9 Å². The molecule has 1 N–H and O–H groups in total. The van der Waals surface area contributed by atoms with Gasteiger partial charge in [0.25, 0.3) is 0 Å². The Kier molecular flexibility index (Phi) is 6.25. The van der Waals surface area contributed by atoms with Gasteiger partial charge in [-0.2, -0.15) is 0 Å². The molecule has 0 amide bonds. The second-order valence-corrected chi connectivity index (χ2v) is 12.7. The van der Waals surface area contributed by atoms with Crippen LogP contribution in [0.3, 0.4) is 0 Å². The van der Waals surface area contributed by atoms with E-state index in [-0.39, 0.29) is 11.2 Å². The first-order valence-corrected chi connectivity index (χ1v) is 13.2. The molecule has 4 aliphatic rings. The first-order chi connectivity index (χ1) is 14.6. The van der Waals surface area contributed by atoms with E-state index in [1.54, 1.807) is 5.57 Å². The van der Waals surface area contributed by atoms with Crippen molar-refractivity contribution in [3.05, 3.63) is 23.5 Å². The molecule has 0 spiro atoms. The molecule has 0 aromatic carbocycles. The van der Waals surface area contributed by atoms with Crippen molar-refractivity contribution in [2.24, 2.45) is 52.3 Å². The van der Waals surface area contributed by atoms with Crippen molar-refractivity contribution < 1.29 is 9.90 Å². The lowest BCUT2D eigenvalue weighted by Gasteiger charge is -2.57. The number of hydrogen-bond donors (Lipinski definition) is 1. The van der Waals surface area contributed by atoms with E-state index < -0.39 is 0 Å². The molecule has 8 atom stereocenters. The molecule has 2 nitrogen and oxygen atoms in total. The summed E-state index contributed by atoms with van der Waals surface area (Å²) in [6.45, 7) is 14.7. The number of allylic oxidation sites excluding steroid dienone is 3. The monoisotopic (exact) mass is 426 g/mol. The predicted octanol–water partition coefficient (Wildman–Crippen LogP) is 7.89. The highest BCUT2D eigenvalue weighted by Crippen LogP contribution is 2.67. The average molecular weight is 427 g/mol. The molecule has 0 aliphatic heterocycles. The highest BCUT2D eigenvalue weighted by molar-refractivity contribution is 5.96. The van der Waals surface area contributed by atoms with E-state index in [2.05, 4.69) is 47.6 Å². The number of hydrogen-bond acceptors (Lipinski definition) is 2. The minimum Gasteiger partial charge on any atom is -0.515 e. The van der Waals surface area contributed by atoms with Crippen LogP contribution >= 0.6 is 0 Å². The van der Waals surface area contributed by atoms with Crippen LogP contribution in [0.25, 0.3) is 0 Å². The maximum absolute atomic E-state index is 12.4. The van der Waals surface area contributed by atoms with Gasteiger partial charge in [-0.25, -0.2) is 0 Å². The Morgan fingerprint density at radius 3 is 2.45 bits per heavy atom. The van der Waals surface area contributed by atoms with Crippen LogP contribution in [0.15, 0.2) is 23.5 Å². The predicted molar refractivity (Wildman–Crippen MR) is 129 cm³/mol. The van der Waals surface area contributed by atoms with Crippen molar-refractivity contribution in [1.82, 2.24) is 0 Å². The Labute approximate surface area is 191 Å². The minimum atomic E-state index is 0.143. The number of aliphatic hydroxyl groups excluding tert-OH is 1. The van der Waals surface area contributed by atoms with E-state index in [9.17, 15) is 9.90 Å². The molecule has 4 aliphatic carbocycles. The number of carbonyl (C=O) groups excluding carboxylic acids is 1. The summed E-state index contributed by atoms with van der Waals surface area (Å²) in [5.74, 6) is 5.24. The van der Waals surface area contributed by atoms with Gasteiger partial charge in [-0.05, 0) is 90.8 Å². The van der Waals surface area contributed by atoms with E-state index in [1.807, 2.05) is 0 Å². The quantitative estimate of drug-likeness (QED) is 0.275. The van der Waals surface area contributed by atoms with Gasteiger partial charge >= 0.3 is 0 Å². The minimum absolute atomic E-state index is 0.143. The number of fused-ring (bicyclic) bond motifs is 5. The van der Waals surface area contributed by atoms with E-state index in [4.69, 9.17) is 0 Å². The van der Waals surface area contributed by atoms with Crippen LogP contribution in [0.5, 0.6) is 0 Å². The Morgan fingerprint density at radius 1 is 1.06 bits per heavy atom. The highest BCUT2D eigenvalue weighted by Gasteiger charge is 2.58.